The number of carbonyl (C=O) groups is 2. The maximum Gasteiger partial charge on any atom is 0.330 e. The Kier molecular flexibility index (Phi) is 9.71. The van der Waals surface area contributed by atoms with E-state index in [1.54, 1.807) is 19.1 Å². The average molecular weight is 534 g/mol. The third-order valence-electron chi connectivity index (χ3n) is 6.73. The van der Waals surface area contributed by atoms with Crippen molar-refractivity contribution in [2.75, 3.05) is 20.8 Å². The van der Waals surface area contributed by atoms with Gasteiger partial charge in [0, 0.05) is 10.9 Å². The minimum atomic E-state index is -0.647. The van der Waals surface area contributed by atoms with Gasteiger partial charge < -0.3 is 19.1 Å². The summed E-state index contributed by atoms with van der Waals surface area (Å²) in [7, 11) is 3.28. The van der Waals surface area contributed by atoms with Gasteiger partial charge in [-0.3, -0.25) is 4.79 Å². The van der Waals surface area contributed by atoms with Gasteiger partial charge in [-0.25, -0.2) is 4.79 Å². The third-order valence-corrected chi connectivity index (χ3v) is 7.99. The molecule has 1 saturated heterocycles. The summed E-state index contributed by atoms with van der Waals surface area (Å²) in [6.07, 6.45) is 2.93. The molecule has 0 aromatic heterocycles. The van der Waals surface area contributed by atoms with Crippen LogP contribution in [0.1, 0.15) is 30.9 Å². The second-order valence-electron chi connectivity index (χ2n) is 9.32. The Morgan fingerprint density at radius 2 is 1.42 bits per heavy atom. The van der Waals surface area contributed by atoms with Crippen molar-refractivity contribution in [3.05, 3.63) is 90.0 Å². The fraction of sp³-hybridized carbons (Fsp3) is 0.355. The van der Waals surface area contributed by atoms with E-state index in [2.05, 4.69) is 6.92 Å². The number of likely N-dealkylation sites (tertiary alicyclic amines) is 1. The Bertz CT molecular complexity index is 1130. The first-order valence-corrected chi connectivity index (χ1v) is 13.9. The van der Waals surface area contributed by atoms with Crippen molar-refractivity contribution in [1.29, 1.82) is 0 Å². The number of esters is 1. The van der Waals surface area contributed by atoms with E-state index in [0.717, 1.165) is 40.4 Å². The number of β-lactam (4-membered cyclic amide) rings is 1. The van der Waals surface area contributed by atoms with Gasteiger partial charge in [0.1, 0.15) is 16.7 Å². The van der Waals surface area contributed by atoms with Crippen LogP contribution in [0.25, 0.3) is 0 Å². The third kappa shape index (κ3) is 6.70. The number of benzene rings is 3. The van der Waals surface area contributed by atoms with Gasteiger partial charge in [0.15, 0.2) is 6.04 Å². The van der Waals surface area contributed by atoms with Crippen molar-refractivity contribution < 1.29 is 23.8 Å². The Morgan fingerprint density at radius 1 is 0.868 bits per heavy atom. The Balaban J connectivity index is 1.62. The second-order valence-corrected chi connectivity index (χ2v) is 10.5. The Morgan fingerprint density at radius 3 is 1.92 bits per heavy atom. The van der Waals surface area contributed by atoms with Gasteiger partial charge in [0.25, 0.3) is 0 Å². The second kappa shape index (κ2) is 13.4. The number of hydrogen-bond acceptors (Lipinski definition) is 6. The minimum absolute atomic E-state index is 0.0386. The van der Waals surface area contributed by atoms with Gasteiger partial charge in [0.05, 0.1) is 20.8 Å². The summed E-state index contributed by atoms with van der Waals surface area (Å²) in [5.41, 5.74) is 2.13. The van der Waals surface area contributed by atoms with Crippen LogP contribution in [0.15, 0.2) is 83.8 Å². The summed E-state index contributed by atoms with van der Waals surface area (Å²) in [6, 6.07) is 24.6. The van der Waals surface area contributed by atoms with E-state index in [1.165, 1.54) is 11.8 Å². The van der Waals surface area contributed by atoms with Gasteiger partial charge >= 0.3 is 5.97 Å². The topological polar surface area (TPSA) is 65.1 Å². The van der Waals surface area contributed by atoms with Crippen molar-refractivity contribution >= 4 is 23.6 Å². The van der Waals surface area contributed by atoms with E-state index in [0.29, 0.717) is 19.4 Å². The van der Waals surface area contributed by atoms with E-state index in [-0.39, 0.29) is 17.9 Å². The standard InChI is InChI=1S/C31H35NO5S/c1-4-5-19-37-31(34)28-29(38-27-9-7-6-8-10-27)30(33)32(28)24(20-22-11-15-25(35-2)16-12-22)21-23-13-17-26(36-3)18-14-23/h6-18,24,28-29H,4-5,19-21H2,1-3H3. The number of rotatable bonds is 13. The summed E-state index contributed by atoms with van der Waals surface area (Å²) < 4.78 is 16.3. The van der Waals surface area contributed by atoms with E-state index in [1.807, 2.05) is 78.9 Å². The molecule has 0 bridgehead atoms. The number of hydrogen-bond donors (Lipinski definition) is 0. The van der Waals surface area contributed by atoms with E-state index >= 15 is 0 Å². The fourth-order valence-electron chi connectivity index (χ4n) is 4.63. The molecule has 1 amide bonds. The lowest BCUT2D eigenvalue weighted by Crippen LogP contribution is -2.70. The van der Waals surface area contributed by atoms with Gasteiger partial charge in [0.2, 0.25) is 5.91 Å². The number of methoxy groups -OCH3 is 2. The average Bonchev–Trinajstić information content (AvgIpc) is 2.95. The summed E-state index contributed by atoms with van der Waals surface area (Å²) in [4.78, 5) is 29.8. The predicted molar refractivity (Wildman–Crippen MR) is 150 cm³/mol. The predicted octanol–water partition coefficient (Wildman–Crippen LogP) is 5.57. The molecule has 4 rings (SSSR count). The summed E-state index contributed by atoms with van der Waals surface area (Å²) in [6.45, 7) is 2.42. The Labute approximate surface area is 229 Å². The van der Waals surface area contributed by atoms with Crippen LogP contribution in [-0.2, 0) is 27.2 Å². The minimum Gasteiger partial charge on any atom is -0.497 e. The first-order chi connectivity index (χ1) is 18.5. The number of carbonyl (C=O) groups excluding carboxylic acids is 2. The highest BCUT2D eigenvalue weighted by atomic mass is 32.2. The zero-order valence-electron chi connectivity index (χ0n) is 22.2. The fourth-order valence-corrected chi connectivity index (χ4v) is 5.83. The summed E-state index contributed by atoms with van der Waals surface area (Å²) in [5, 5.41) is -0.513. The van der Waals surface area contributed by atoms with Crippen molar-refractivity contribution in [2.45, 2.75) is 54.8 Å². The van der Waals surface area contributed by atoms with Gasteiger partial charge in [-0.15, -0.1) is 11.8 Å². The van der Waals surface area contributed by atoms with Crippen LogP contribution in [0.3, 0.4) is 0 Å². The molecule has 0 spiro atoms. The molecule has 1 heterocycles. The zero-order valence-corrected chi connectivity index (χ0v) is 23.0. The first-order valence-electron chi connectivity index (χ1n) is 13.0. The smallest absolute Gasteiger partial charge is 0.330 e. The van der Waals surface area contributed by atoms with E-state index in [4.69, 9.17) is 14.2 Å². The molecule has 7 heteroatoms. The van der Waals surface area contributed by atoms with E-state index in [9.17, 15) is 9.59 Å². The molecular formula is C31H35NO5S. The molecule has 200 valence electrons. The van der Waals surface area contributed by atoms with Crippen LogP contribution < -0.4 is 9.47 Å². The summed E-state index contributed by atoms with van der Waals surface area (Å²) in [5.74, 6) is 1.18. The number of nitrogens with zero attached hydrogens (tertiary/aromatic N) is 1. The molecule has 0 N–H and O–H groups in total. The largest absolute Gasteiger partial charge is 0.497 e. The van der Waals surface area contributed by atoms with Crippen molar-refractivity contribution in [3.63, 3.8) is 0 Å². The lowest BCUT2D eigenvalue weighted by atomic mass is 9.90. The quantitative estimate of drug-likeness (QED) is 0.163. The van der Waals surface area contributed by atoms with Gasteiger partial charge in [-0.1, -0.05) is 55.8 Å². The molecule has 0 aliphatic carbocycles. The molecule has 38 heavy (non-hydrogen) atoms. The van der Waals surface area contributed by atoms with Crippen LogP contribution in [0, 0.1) is 0 Å². The lowest BCUT2D eigenvalue weighted by Gasteiger charge is -2.49. The summed E-state index contributed by atoms with van der Waals surface area (Å²) >= 11 is 1.43. The van der Waals surface area contributed by atoms with Crippen LogP contribution >= 0.6 is 11.8 Å². The van der Waals surface area contributed by atoms with Crippen molar-refractivity contribution in [3.8, 4) is 11.5 Å². The van der Waals surface area contributed by atoms with Crippen LogP contribution in [0.2, 0.25) is 0 Å². The molecule has 0 saturated carbocycles. The maximum absolute atomic E-state index is 13.7. The monoisotopic (exact) mass is 533 g/mol. The SMILES string of the molecule is CCCCOC(=O)C1C(Sc2ccccc2)C(=O)N1C(Cc1ccc(OC)cc1)Cc1ccc(OC)cc1. The molecule has 3 aromatic rings. The molecule has 2 unspecified atom stereocenters. The molecular weight excluding hydrogens is 498 g/mol. The number of ether oxygens (including phenoxy) is 3. The van der Waals surface area contributed by atoms with E-state index < -0.39 is 11.3 Å². The number of unbranched alkanes of at least 4 members (excludes halogenated alkanes) is 1. The van der Waals surface area contributed by atoms with Gasteiger partial charge in [-0.05, 0) is 66.8 Å². The normalized spacial score (nSPS) is 16.7. The highest BCUT2D eigenvalue weighted by Crippen LogP contribution is 2.39. The van der Waals surface area contributed by atoms with Gasteiger partial charge in [-0.2, -0.15) is 0 Å². The molecule has 0 radical (unpaired) electrons. The van der Waals surface area contributed by atoms with Crippen molar-refractivity contribution in [2.24, 2.45) is 0 Å². The maximum atomic E-state index is 13.7. The van der Waals surface area contributed by atoms with Crippen molar-refractivity contribution in [1.82, 2.24) is 4.90 Å². The molecule has 2 atom stereocenters. The zero-order chi connectivity index (χ0) is 26.9. The molecule has 6 nitrogen and oxygen atoms in total. The number of thioether (sulfide) groups is 1. The first kappa shape index (κ1) is 27.6. The molecule has 1 aliphatic heterocycles. The molecule has 1 fully saturated rings. The van der Waals surface area contributed by atoms with Crippen LogP contribution in [0.4, 0.5) is 0 Å². The van der Waals surface area contributed by atoms with Crippen LogP contribution in [0.5, 0.6) is 11.5 Å². The number of amides is 1. The lowest BCUT2D eigenvalue weighted by molar-refractivity contribution is -0.168. The Hall–Kier alpha value is -3.45. The highest BCUT2D eigenvalue weighted by Gasteiger charge is 2.55. The molecule has 1 aliphatic rings. The molecule has 3 aromatic carbocycles. The highest BCUT2D eigenvalue weighted by molar-refractivity contribution is 8.00. The van der Waals surface area contributed by atoms with Crippen LogP contribution in [-0.4, -0.2) is 54.9 Å².